The number of thioether (sulfide) groups is 1. The van der Waals surface area contributed by atoms with Gasteiger partial charge >= 0.3 is 0 Å². The number of anilines is 2. The van der Waals surface area contributed by atoms with Crippen LogP contribution in [0.5, 0.6) is 0 Å². The number of amides is 1. The molecule has 0 bridgehead atoms. The molecule has 0 fully saturated rings. The number of carbonyl (C=O) groups excluding carboxylic acids is 1. The third kappa shape index (κ3) is 4.54. The Balaban J connectivity index is 1.77. The quantitative estimate of drug-likeness (QED) is 0.595. The van der Waals surface area contributed by atoms with Gasteiger partial charge in [0, 0.05) is 17.9 Å². The molecule has 0 saturated carbocycles. The molecule has 144 valence electrons. The summed E-state index contributed by atoms with van der Waals surface area (Å²) in [6, 6.07) is 12.7. The van der Waals surface area contributed by atoms with E-state index in [9.17, 15) is 15.3 Å². The molecule has 9 heteroatoms. The summed E-state index contributed by atoms with van der Waals surface area (Å²) in [7, 11) is 0. The Labute approximate surface area is 171 Å². The van der Waals surface area contributed by atoms with Gasteiger partial charge < -0.3 is 15.5 Å². The normalized spacial score (nSPS) is 10.2. The zero-order chi connectivity index (χ0) is 20.8. The number of aromatic nitrogens is 2. The number of rotatable bonds is 6. The fraction of sp³-hybridized carbons (Fsp3) is 0.150. The van der Waals surface area contributed by atoms with E-state index in [1.54, 1.807) is 18.2 Å². The maximum atomic E-state index is 12.2. The average Bonchev–Trinajstić information content (AvgIpc) is 3.22. The van der Waals surface area contributed by atoms with Crippen LogP contribution in [0.15, 0.2) is 46.0 Å². The predicted octanol–water partition coefficient (Wildman–Crippen LogP) is 3.49. The van der Waals surface area contributed by atoms with Crippen molar-refractivity contribution < 1.29 is 9.21 Å². The molecule has 3 heterocycles. The van der Waals surface area contributed by atoms with E-state index in [1.807, 2.05) is 25.1 Å². The molecule has 29 heavy (non-hydrogen) atoms. The van der Waals surface area contributed by atoms with Crippen molar-refractivity contribution in [3.05, 3.63) is 53.4 Å². The number of aryl methyl sites for hydroxylation is 1. The highest BCUT2D eigenvalue weighted by Crippen LogP contribution is 2.35. The van der Waals surface area contributed by atoms with E-state index in [2.05, 4.69) is 21.4 Å². The number of nitrogen functional groups attached to an aromatic ring is 1. The van der Waals surface area contributed by atoms with Crippen molar-refractivity contribution in [1.82, 2.24) is 9.97 Å². The number of nitrogens with one attached hydrogen (secondary N) is 1. The summed E-state index contributed by atoms with van der Waals surface area (Å²) < 4.78 is 5.37. The first-order valence-electron chi connectivity index (χ1n) is 8.57. The van der Waals surface area contributed by atoms with Crippen molar-refractivity contribution in [3.8, 4) is 23.5 Å². The molecule has 3 aromatic rings. The second-order valence-corrected chi connectivity index (χ2v) is 7.02. The molecule has 3 rings (SSSR count). The summed E-state index contributed by atoms with van der Waals surface area (Å²) in [5.74, 6) is 1.01. The Bertz CT molecular complexity index is 1130. The molecule has 0 spiro atoms. The highest BCUT2D eigenvalue weighted by molar-refractivity contribution is 7.99. The SMILES string of the molecule is Cc1cccc(NC(=O)CCSc2nc(N)c(C#N)c(-c3ccco3)c2C#N)n1. The smallest absolute Gasteiger partial charge is 0.226 e. The largest absolute Gasteiger partial charge is 0.464 e. The van der Waals surface area contributed by atoms with Crippen molar-refractivity contribution in [2.75, 3.05) is 16.8 Å². The number of hydrogen-bond acceptors (Lipinski definition) is 8. The highest BCUT2D eigenvalue weighted by atomic mass is 32.2. The number of carbonyl (C=O) groups is 1. The molecule has 0 atom stereocenters. The van der Waals surface area contributed by atoms with Gasteiger partial charge in [-0.3, -0.25) is 4.79 Å². The minimum absolute atomic E-state index is 0.00816. The molecule has 0 saturated heterocycles. The number of hydrogen-bond donors (Lipinski definition) is 2. The second-order valence-electron chi connectivity index (χ2n) is 5.94. The minimum atomic E-state index is -0.206. The summed E-state index contributed by atoms with van der Waals surface area (Å²) in [5, 5.41) is 22.2. The zero-order valence-corrected chi connectivity index (χ0v) is 16.3. The first kappa shape index (κ1) is 19.9. The molecule has 0 aliphatic rings. The van der Waals surface area contributed by atoms with E-state index in [4.69, 9.17) is 10.2 Å². The highest BCUT2D eigenvalue weighted by Gasteiger charge is 2.22. The van der Waals surface area contributed by atoms with Crippen molar-refractivity contribution >= 4 is 29.3 Å². The van der Waals surface area contributed by atoms with Gasteiger partial charge in [0.1, 0.15) is 40.1 Å². The van der Waals surface area contributed by atoms with Gasteiger partial charge in [-0.15, -0.1) is 11.8 Å². The number of nitriles is 2. The van der Waals surface area contributed by atoms with Crippen LogP contribution in [0.4, 0.5) is 11.6 Å². The topological polar surface area (TPSA) is 142 Å². The van der Waals surface area contributed by atoms with E-state index >= 15 is 0 Å². The lowest BCUT2D eigenvalue weighted by atomic mass is 10.0. The van der Waals surface area contributed by atoms with E-state index in [0.717, 1.165) is 5.69 Å². The first-order chi connectivity index (χ1) is 14.0. The Kier molecular flexibility index (Phi) is 6.12. The van der Waals surface area contributed by atoms with E-state index < -0.39 is 0 Å². The molecular weight excluding hydrogens is 388 g/mol. The maximum Gasteiger partial charge on any atom is 0.226 e. The summed E-state index contributed by atoms with van der Waals surface area (Å²) in [4.78, 5) is 20.6. The van der Waals surface area contributed by atoms with E-state index in [1.165, 1.54) is 18.0 Å². The molecule has 0 aliphatic heterocycles. The van der Waals surface area contributed by atoms with Crippen LogP contribution in [0.2, 0.25) is 0 Å². The Hall–Kier alpha value is -3.82. The summed E-state index contributed by atoms with van der Waals surface area (Å²) in [6.07, 6.45) is 1.63. The predicted molar refractivity (Wildman–Crippen MR) is 109 cm³/mol. The van der Waals surface area contributed by atoms with Crippen LogP contribution >= 0.6 is 11.8 Å². The van der Waals surface area contributed by atoms with Gasteiger partial charge in [0.15, 0.2) is 0 Å². The van der Waals surface area contributed by atoms with E-state index in [0.29, 0.717) is 27.9 Å². The van der Waals surface area contributed by atoms with Crippen LogP contribution in [-0.4, -0.2) is 21.6 Å². The molecule has 0 aromatic carbocycles. The number of furan rings is 1. The van der Waals surface area contributed by atoms with Crippen LogP contribution < -0.4 is 11.1 Å². The van der Waals surface area contributed by atoms with Gasteiger partial charge in [0.25, 0.3) is 0 Å². The lowest BCUT2D eigenvalue weighted by Crippen LogP contribution is -2.13. The van der Waals surface area contributed by atoms with Crippen LogP contribution in [0, 0.1) is 29.6 Å². The standard InChI is InChI=1S/C20H16N6O2S/c1-12-4-2-6-16(24-12)25-17(27)7-9-29-20-14(11-22)18(15-5-3-8-28-15)13(10-21)19(23)26-20/h2-6,8H,7,9H2,1H3,(H2,23,26)(H,24,25,27). The third-order valence-corrected chi connectivity index (χ3v) is 4.88. The summed E-state index contributed by atoms with van der Waals surface area (Å²) >= 11 is 1.21. The van der Waals surface area contributed by atoms with Crippen LogP contribution in [0.1, 0.15) is 23.2 Å². The van der Waals surface area contributed by atoms with Crippen molar-refractivity contribution in [3.63, 3.8) is 0 Å². The van der Waals surface area contributed by atoms with Gasteiger partial charge in [-0.2, -0.15) is 10.5 Å². The van der Waals surface area contributed by atoms with Crippen molar-refractivity contribution in [2.45, 2.75) is 18.4 Å². The van der Waals surface area contributed by atoms with Gasteiger partial charge in [-0.1, -0.05) is 6.07 Å². The Morgan fingerprint density at radius 1 is 1.21 bits per heavy atom. The monoisotopic (exact) mass is 404 g/mol. The van der Waals surface area contributed by atoms with Crippen molar-refractivity contribution in [1.29, 1.82) is 10.5 Å². The molecule has 8 nitrogen and oxygen atoms in total. The van der Waals surface area contributed by atoms with Gasteiger partial charge in [0.2, 0.25) is 5.91 Å². The Morgan fingerprint density at radius 3 is 2.66 bits per heavy atom. The first-order valence-corrected chi connectivity index (χ1v) is 9.56. The molecule has 0 aliphatic carbocycles. The second kappa shape index (κ2) is 8.91. The molecule has 3 N–H and O–H groups in total. The van der Waals surface area contributed by atoms with E-state index in [-0.39, 0.29) is 29.3 Å². The van der Waals surface area contributed by atoms with Gasteiger partial charge in [-0.25, -0.2) is 9.97 Å². The lowest BCUT2D eigenvalue weighted by Gasteiger charge is -2.11. The fourth-order valence-corrected chi connectivity index (χ4v) is 3.56. The lowest BCUT2D eigenvalue weighted by molar-refractivity contribution is -0.115. The molecule has 0 radical (unpaired) electrons. The van der Waals surface area contributed by atoms with Gasteiger partial charge in [0.05, 0.1) is 17.4 Å². The Morgan fingerprint density at radius 2 is 2.00 bits per heavy atom. The van der Waals surface area contributed by atoms with Crippen LogP contribution in [-0.2, 0) is 4.79 Å². The maximum absolute atomic E-state index is 12.2. The fourth-order valence-electron chi connectivity index (χ4n) is 2.63. The average molecular weight is 404 g/mol. The molecular formula is C20H16N6O2S. The minimum Gasteiger partial charge on any atom is -0.464 e. The number of pyridine rings is 2. The van der Waals surface area contributed by atoms with Gasteiger partial charge in [-0.05, 0) is 31.2 Å². The third-order valence-electron chi connectivity index (χ3n) is 3.91. The molecule has 0 unspecified atom stereocenters. The van der Waals surface area contributed by atoms with Crippen LogP contribution in [0.25, 0.3) is 11.3 Å². The number of nitrogens with zero attached hydrogens (tertiary/aromatic N) is 4. The molecule has 3 aromatic heterocycles. The zero-order valence-electron chi connectivity index (χ0n) is 15.5. The summed E-state index contributed by atoms with van der Waals surface area (Å²) in [5.41, 5.74) is 7.32. The number of nitrogens with two attached hydrogens (primary N) is 1. The van der Waals surface area contributed by atoms with Crippen LogP contribution in [0.3, 0.4) is 0 Å². The van der Waals surface area contributed by atoms with Crippen molar-refractivity contribution in [2.24, 2.45) is 0 Å². The molecule has 1 amide bonds. The summed E-state index contributed by atoms with van der Waals surface area (Å²) in [6.45, 7) is 1.84.